The molecule has 0 radical (unpaired) electrons. The Balaban J connectivity index is 1.05. The molecule has 8 rings (SSSR count). The zero-order valence-corrected chi connectivity index (χ0v) is 32.6. The second-order valence-corrected chi connectivity index (χ2v) is 18.6. The van der Waals surface area contributed by atoms with E-state index in [9.17, 15) is 25.9 Å². The number of thiophene rings is 2. The first-order chi connectivity index (χ1) is 25.2. The number of hydrogen-bond acceptors (Lipinski definition) is 10. The highest BCUT2D eigenvalue weighted by molar-refractivity contribution is 7.88. The fourth-order valence-electron chi connectivity index (χ4n) is 5.72. The average Bonchev–Trinajstić information content (AvgIpc) is 3.89. The van der Waals surface area contributed by atoms with Gasteiger partial charge in [-0.15, -0.1) is 22.7 Å². The van der Waals surface area contributed by atoms with Crippen LogP contribution in [0.3, 0.4) is 0 Å². The van der Waals surface area contributed by atoms with Gasteiger partial charge in [0.15, 0.2) is 19.6 Å². The van der Waals surface area contributed by atoms with E-state index in [1.807, 2.05) is 12.2 Å². The molecule has 20 heteroatoms. The normalized spacial score (nSPS) is 13.1. The largest absolute Gasteiger partial charge is 0.451 e. The van der Waals surface area contributed by atoms with Crippen LogP contribution in [0.25, 0.3) is 66.3 Å². The van der Waals surface area contributed by atoms with E-state index in [2.05, 4.69) is 0 Å². The molecule has 0 bridgehead atoms. The van der Waals surface area contributed by atoms with Gasteiger partial charge in [-0.05, 0) is 67.8 Å². The molecule has 2 aromatic carbocycles. The number of hydrogen-bond donors (Lipinski definition) is 2. The van der Waals surface area contributed by atoms with Crippen LogP contribution in [0, 0.1) is 0 Å². The summed E-state index contributed by atoms with van der Waals surface area (Å²) in [5.74, 6) is 0. The quantitative estimate of drug-likeness (QED) is 0.0995. The van der Waals surface area contributed by atoms with Crippen LogP contribution in [-0.4, -0.2) is 45.5 Å². The summed E-state index contributed by atoms with van der Waals surface area (Å²) >= 11 is 27.0. The van der Waals surface area contributed by atoms with Gasteiger partial charge < -0.3 is 8.83 Å². The highest BCUT2D eigenvalue weighted by atomic mass is 35.5. The summed E-state index contributed by atoms with van der Waals surface area (Å²) in [5.41, 5.74) is 4.34. The molecular weight excluding hydrogens is 850 g/mol. The Kier molecular flexibility index (Phi) is 9.29. The Labute approximate surface area is 327 Å². The molecule has 6 heterocycles. The van der Waals surface area contributed by atoms with E-state index in [-0.39, 0.29) is 19.6 Å². The maximum absolute atomic E-state index is 11.8. The highest BCUT2D eigenvalue weighted by Crippen LogP contribution is 2.42. The number of rotatable bonds is 10. The zero-order valence-electron chi connectivity index (χ0n) is 26.3. The molecule has 0 aliphatic heterocycles. The van der Waals surface area contributed by atoms with Crippen LogP contribution in [0.15, 0.2) is 77.9 Å². The molecule has 0 fully saturated rings. The third-order valence-electron chi connectivity index (χ3n) is 8.02. The number of halogens is 4. The van der Waals surface area contributed by atoms with Gasteiger partial charge in [-0.3, -0.25) is 9.11 Å². The van der Waals surface area contributed by atoms with Crippen molar-refractivity contribution in [2.75, 3.05) is 0 Å². The first kappa shape index (κ1) is 36.3. The van der Waals surface area contributed by atoms with Crippen molar-refractivity contribution in [1.29, 1.82) is 0 Å². The highest BCUT2D eigenvalue weighted by Gasteiger charge is 2.26. The van der Waals surface area contributed by atoms with E-state index in [0.29, 0.717) is 87.3 Å². The molecule has 6 aromatic heterocycles. The summed E-state index contributed by atoms with van der Waals surface area (Å²) in [7, 11) is -8.90. The Bertz CT molecular complexity index is 2850. The number of aromatic nitrogens is 4. The number of furan rings is 2. The third kappa shape index (κ3) is 6.71. The van der Waals surface area contributed by atoms with Crippen LogP contribution in [0.1, 0.15) is 30.7 Å². The average molecular weight is 871 g/mol. The van der Waals surface area contributed by atoms with Gasteiger partial charge in [0.05, 0.1) is 21.4 Å². The van der Waals surface area contributed by atoms with Gasteiger partial charge in [0, 0.05) is 22.2 Å². The fraction of sp³-hybridized carbons (Fsp3) is 0.0909. The van der Waals surface area contributed by atoms with Crippen LogP contribution < -0.4 is 0 Å². The maximum atomic E-state index is 11.8. The van der Waals surface area contributed by atoms with Gasteiger partial charge in [0.2, 0.25) is 0 Å². The predicted octanol–water partition coefficient (Wildman–Crippen LogP) is 11.0. The summed E-state index contributed by atoms with van der Waals surface area (Å²) in [5, 5.41) is 10.9. The van der Waals surface area contributed by atoms with Crippen molar-refractivity contribution in [2.45, 2.75) is 27.7 Å². The number of allylic oxidation sites excluding steroid dienone is 2. The lowest BCUT2D eigenvalue weighted by Gasteiger charge is -2.05. The monoisotopic (exact) mass is 868 g/mol. The summed E-state index contributed by atoms with van der Waals surface area (Å²) in [6, 6.07) is 12.4. The van der Waals surface area contributed by atoms with E-state index in [4.69, 9.17) is 65.4 Å². The standard InChI is InChI=1S/C33H20Cl4N4O8S4/c34-16-8-10-22(18(36)12-16)40-28-30(48-24-14-26(50-32(24)28)52(42,43)44)20(38-40)6-4-2-1-3-5-7-21-31-29(33-25(49-31)15-27(51-33)53(45,46)47)41(39-21)23-11-9-17(35)13-19(23)37/h4-15H,1-3H2,(H,42,43,44)(H,45,46,47)/b6-4+,7-5+. The second kappa shape index (κ2) is 13.6. The molecule has 12 nitrogen and oxygen atoms in total. The van der Waals surface area contributed by atoms with E-state index in [0.717, 1.165) is 29.1 Å². The van der Waals surface area contributed by atoms with Crippen molar-refractivity contribution >= 4 is 144 Å². The first-order valence-electron chi connectivity index (χ1n) is 15.3. The predicted molar refractivity (Wildman–Crippen MR) is 209 cm³/mol. The van der Waals surface area contributed by atoms with Gasteiger partial charge in [0.1, 0.15) is 43.0 Å². The van der Waals surface area contributed by atoms with E-state index >= 15 is 0 Å². The van der Waals surface area contributed by atoms with Crippen molar-refractivity contribution in [3.63, 3.8) is 0 Å². The topological polar surface area (TPSA) is 171 Å². The van der Waals surface area contributed by atoms with E-state index < -0.39 is 20.2 Å². The smallest absolute Gasteiger partial charge is 0.304 e. The molecule has 2 N–H and O–H groups in total. The minimum absolute atomic E-state index is 0.257. The molecule has 0 aliphatic rings. The third-order valence-corrected chi connectivity index (χ3v) is 13.9. The van der Waals surface area contributed by atoms with Crippen molar-refractivity contribution in [2.24, 2.45) is 0 Å². The van der Waals surface area contributed by atoms with Gasteiger partial charge in [-0.2, -0.15) is 27.0 Å². The lowest BCUT2D eigenvalue weighted by Crippen LogP contribution is -1.97. The molecule has 0 saturated heterocycles. The van der Waals surface area contributed by atoms with Crippen LogP contribution in [0.4, 0.5) is 0 Å². The van der Waals surface area contributed by atoms with Crippen molar-refractivity contribution in [1.82, 2.24) is 19.6 Å². The molecule has 0 spiro atoms. The van der Waals surface area contributed by atoms with Crippen molar-refractivity contribution < 1.29 is 34.8 Å². The lowest BCUT2D eigenvalue weighted by atomic mass is 10.2. The SMILES string of the molecule is O=S(=O)(O)c1cc2oc3c(/C=C/CCC/C=C/c4nn(-c5ccc(Cl)cc5Cl)c5c4oc4cc(S(=O)(=O)O)sc45)nn(-c4ccc(Cl)cc4Cl)c3c2s1. The molecule has 0 amide bonds. The zero-order chi connectivity index (χ0) is 37.4. The summed E-state index contributed by atoms with van der Waals surface area (Å²) in [6.07, 6.45) is 9.53. The molecular formula is C33H20Cl4N4O8S4. The van der Waals surface area contributed by atoms with Gasteiger partial charge in [0.25, 0.3) is 0 Å². The Morgan fingerprint density at radius 2 is 1.08 bits per heavy atom. The summed E-state index contributed by atoms with van der Waals surface area (Å²) in [4.78, 5) is 0. The summed E-state index contributed by atoms with van der Waals surface area (Å²) < 4.78 is 82.2. The molecule has 53 heavy (non-hydrogen) atoms. The molecule has 272 valence electrons. The van der Waals surface area contributed by atoms with Gasteiger partial charge in [-0.1, -0.05) is 58.6 Å². The number of benzene rings is 2. The van der Waals surface area contributed by atoms with Crippen LogP contribution >= 0.6 is 69.1 Å². The molecule has 0 unspecified atom stereocenters. The minimum Gasteiger partial charge on any atom is -0.451 e. The number of nitrogens with zero attached hydrogens (tertiary/aromatic N) is 4. The van der Waals surface area contributed by atoms with Crippen LogP contribution in [-0.2, 0) is 20.2 Å². The van der Waals surface area contributed by atoms with E-state index in [1.54, 1.807) is 57.9 Å². The Hall–Kier alpha value is -3.68. The molecule has 0 atom stereocenters. The number of unbranched alkanes of at least 4 members (excludes halogenated alkanes) is 2. The van der Waals surface area contributed by atoms with Crippen molar-refractivity contribution in [3.05, 3.63) is 92.2 Å². The maximum Gasteiger partial charge on any atom is 0.304 e. The number of fused-ring (bicyclic) bond motifs is 6. The van der Waals surface area contributed by atoms with E-state index in [1.165, 1.54) is 12.1 Å². The molecule has 8 aromatic rings. The van der Waals surface area contributed by atoms with Crippen molar-refractivity contribution in [3.8, 4) is 11.4 Å². The van der Waals surface area contributed by atoms with Crippen LogP contribution in [0.2, 0.25) is 20.1 Å². The minimum atomic E-state index is -4.45. The Morgan fingerprint density at radius 1 is 0.660 bits per heavy atom. The Morgan fingerprint density at radius 3 is 1.45 bits per heavy atom. The van der Waals surface area contributed by atoms with Crippen LogP contribution in [0.5, 0.6) is 0 Å². The van der Waals surface area contributed by atoms with Gasteiger partial charge >= 0.3 is 20.2 Å². The fourth-order valence-corrected chi connectivity index (χ4v) is 10.2. The second-order valence-electron chi connectivity index (χ2n) is 11.5. The molecule has 0 aliphatic carbocycles. The van der Waals surface area contributed by atoms with Gasteiger partial charge in [-0.25, -0.2) is 9.36 Å². The lowest BCUT2D eigenvalue weighted by molar-refractivity contribution is 0.483. The summed E-state index contributed by atoms with van der Waals surface area (Å²) in [6.45, 7) is 0. The molecule has 0 saturated carbocycles. The first-order valence-corrected chi connectivity index (χ1v) is 21.3.